The number of benzene rings is 4. The van der Waals surface area contributed by atoms with Gasteiger partial charge >= 0.3 is 0 Å². The number of phenolic OH excluding ortho intramolecular Hbond substituents is 1. The van der Waals surface area contributed by atoms with Gasteiger partial charge in [-0.3, -0.25) is 4.57 Å². The molecule has 1 aliphatic rings. The minimum atomic E-state index is -0.202. The van der Waals surface area contributed by atoms with Crippen molar-refractivity contribution in [3.63, 3.8) is 0 Å². The topological polar surface area (TPSA) is 64.1 Å². The molecule has 0 spiro atoms. The van der Waals surface area contributed by atoms with Gasteiger partial charge in [0.25, 0.3) is 0 Å². The summed E-state index contributed by atoms with van der Waals surface area (Å²) in [7, 11) is 0. The van der Waals surface area contributed by atoms with Crippen LogP contribution >= 0.6 is 0 Å². The first-order valence-corrected chi connectivity index (χ1v) is 14.7. The van der Waals surface area contributed by atoms with Gasteiger partial charge in [0.15, 0.2) is 0 Å². The van der Waals surface area contributed by atoms with Crippen molar-refractivity contribution in [2.45, 2.75) is 38.5 Å². The van der Waals surface area contributed by atoms with Crippen LogP contribution in [0.25, 0.3) is 61.7 Å². The highest BCUT2D eigenvalue weighted by Crippen LogP contribution is 2.55. The van der Waals surface area contributed by atoms with Crippen molar-refractivity contribution in [1.29, 1.82) is 0 Å². The minimum absolute atomic E-state index is 0.199. The highest BCUT2D eigenvalue weighted by atomic mass is 16.3. The number of rotatable bonds is 3. The fourth-order valence-corrected chi connectivity index (χ4v) is 6.64. The molecule has 3 heterocycles. The van der Waals surface area contributed by atoms with Crippen LogP contribution in [-0.4, -0.2) is 19.6 Å². The minimum Gasteiger partial charge on any atom is -0.507 e. The Kier molecular flexibility index (Phi) is 5.30. The van der Waals surface area contributed by atoms with Crippen molar-refractivity contribution in [2.75, 3.05) is 0 Å². The van der Waals surface area contributed by atoms with Gasteiger partial charge in [0.1, 0.15) is 28.4 Å². The zero-order chi connectivity index (χ0) is 29.5. The van der Waals surface area contributed by atoms with E-state index in [1.165, 1.54) is 0 Å². The van der Waals surface area contributed by atoms with E-state index in [9.17, 15) is 5.11 Å². The molecule has 5 nitrogen and oxygen atoms in total. The maximum absolute atomic E-state index is 11.1. The molecule has 0 saturated carbocycles. The standard InChI is InChI=1S/C38H31N3O2/c1-37(2)27-14-10-15-31(42)34(27)35-28(38(37,3)4)18-19-29(39-35)30-22-41(24-11-6-5-7-12-24)36(40-30)23-17-20-33-26(21-23)25-13-8-9-16-32(25)43-33/h5-22,42H,1-4H3. The van der Waals surface area contributed by atoms with Gasteiger partial charge in [-0.15, -0.1) is 0 Å². The van der Waals surface area contributed by atoms with Crippen molar-refractivity contribution in [1.82, 2.24) is 14.5 Å². The van der Waals surface area contributed by atoms with E-state index in [1.54, 1.807) is 6.07 Å². The quantitative estimate of drug-likeness (QED) is 0.233. The SMILES string of the molecule is CC1(C)c2ccc(-c3cn(-c4ccccc4)c(-c4ccc5oc6ccccc6c5c4)n3)nc2-c2c(O)cccc2C1(C)C. The molecule has 210 valence electrons. The number of nitrogens with zero attached hydrogens (tertiary/aromatic N) is 3. The van der Waals surface area contributed by atoms with Gasteiger partial charge in [0.2, 0.25) is 0 Å². The van der Waals surface area contributed by atoms with E-state index in [-0.39, 0.29) is 16.6 Å². The van der Waals surface area contributed by atoms with Gasteiger partial charge in [-0.1, -0.05) is 82.3 Å². The third-order valence-electron chi connectivity index (χ3n) is 9.72. The monoisotopic (exact) mass is 561 g/mol. The summed E-state index contributed by atoms with van der Waals surface area (Å²) in [5, 5.41) is 13.2. The van der Waals surface area contributed by atoms with Crippen molar-refractivity contribution >= 4 is 21.9 Å². The zero-order valence-corrected chi connectivity index (χ0v) is 24.6. The molecule has 1 N–H and O–H groups in total. The van der Waals surface area contributed by atoms with E-state index in [4.69, 9.17) is 14.4 Å². The van der Waals surface area contributed by atoms with Gasteiger partial charge in [-0.2, -0.15) is 0 Å². The number of aromatic nitrogens is 3. The lowest BCUT2D eigenvalue weighted by Gasteiger charge is -2.47. The molecule has 43 heavy (non-hydrogen) atoms. The lowest BCUT2D eigenvalue weighted by atomic mass is 9.56. The lowest BCUT2D eigenvalue weighted by Crippen LogP contribution is -2.43. The van der Waals surface area contributed by atoms with Crippen molar-refractivity contribution < 1.29 is 9.52 Å². The molecule has 1 aliphatic carbocycles. The number of para-hydroxylation sites is 2. The summed E-state index contributed by atoms with van der Waals surface area (Å²) in [4.78, 5) is 10.4. The molecule has 0 fully saturated rings. The van der Waals surface area contributed by atoms with Crippen LogP contribution in [-0.2, 0) is 10.8 Å². The predicted molar refractivity (Wildman–Crippen MR) is 173 cm³/mol. The molecule has 0 aliphatic heterocycles. The second-order valence-electron chi connectivity index (χ2n) is 12.5. The Hall–Kier alpha value is -5.16. The number of fused-ring (bicyclic) bond motifs is 6. The third-order valence-corrected chi connectivity index (χ3v) is 9.72. The van der Waals surface area contributed by atoms with Crippen molar-refractivity contribution in [2.24, 2.45) is 0 Å². The molecule has 5 heteroatoms. The van der Waals surface area contributed by atoms with E-state index in [0.717, 1.165) is 72.8 Å². The second kappa shape index (κ2) is 8.92. The average molecular weight is 562 g/mol. The molecular weight excluding hydrogens is 530 g/mol. The molecule has 4 aromatic carbocycles. The summed E-state index contributed by atoms with van der Waals surface area (Å²) in [6.45, 7) is 9.02. The van der Waals surface area contributed by atoms with Crippen LogP contribution in [0.4, 0.5) is 0 Å². The number of furan rings is 1. The summed E-state index contributed by atoms with van der Waals surface area (Å²) < 4.78 is 8.22. The van der Waals surface area contributed by atoms with Gasteiger partial charge in [-0.05, 0) is 65.1 Å². The number of phenols is 1. The van der Waals surface area contributed by atoms with Gasteiger partial charge in [-0.25, -0.2) is 9.97 Å². The summed E-state index contributed by atoms with van der Waals surface area (Å²) in [6.07, 6.45) is 2.06. The van der Waals surface area contributed by atoms with Crippen LogP contribution < -0.4 is 0 Å². The highest BCUT2D eigenvalue weighted by Gasteiger charge is 2.47. The number of aromatic hydroxyl groups is 1. The Morgan fingerprint density at radius 2 is 1.40 bits per heavy atom. The molecule has 0 amide bonds. The third kappa shape index (κ3) is 3.64. The number of hydrogen-bond donors (Lipinski definition) is 1. The van der Waals surface area contributed by atoms with Crippen LogP contribution in [0.1, 0.15) is 38.8 Å². The second-order valence-corrected chi connectivity index (χ2v) is 12.5. The smallest absolute Gasteiger partial charge is 0.145 e. The first-order valence-electron chi connectivity index (χ1n) is 14.7. The first-order chi connectivity index (χ1) is 20.7. The van der Waals surface area contributed by atoms with Crippen molar-refractivity contribution in [3.05, 3.63) is 120 Å². The van der Waals surface area contributed by atoms with E-state index in [0.29, 0.717) is 0 Å². The van der Waals surface area contributed by atoms with Crippen molar-refractivity contribution in [3.8, 4) is 45.5 Å². The molecule has 3 aromatic heterocycles. The maximum Gasteiger partial charge on any atom is 0.145 e. The van der Waals surface area contributed by atoms with Crippen LogP contribution in [0, 0.1) is 0 Å². The molecular formula is C38H31N3O2. The molecule has 0 radical (unpaired) electrons. The van der Waals surface area contributed by atoms with E-state index in [2.05, 4.69) is 87.0 Å². The largest absolute Gasteiger partial charge is 0.507 e. The molecule has 0 unspecified atom stereocenters. The Morgan fingerprint density at radius 1 is 0.651 bits per heavy atom. The Labute approximate surface area is 250 Å². The summed E-state index contributed by atoms with van der Waals surface area (Å²) in [5.74, 6) is 1.07. The Bertz CT molecular complexity index is 2200. The van der Waals surface area contributed by atoms with Crippen LogP contribution in [0.3, 0.4) is 0 Å². The molecule has 0 saturated heterocycles. The van der Waals surface area contributed by atoms with Crippen LogP contribution in [0.2, 0.25) is 0 Å². The van der Waals surface area contributed by atoms with Crippen LogP contribution in [0.5, 0.6) is 5.75 Å². The molecule has 0 bridgehead atoms. The maximum atomic E-state index is 11.1. The van der Waals surface area contributed by atoms with Gasteiger partial charge in [0, 0.05) is 39.2 Å². The van der Waals surface area contributed by atoms with Gasteiger partial charge < -0.3 is 9.52 Å². The Balaban J connectivity index is 1.34. The van der Waals surface area contributed by atoms with Gasteiger partial charge in [0.05, 0.1) is 11.4 Å². The predicted octanol–water partition coefficient (Wildman–Crippen LogP) is 9.44. The normalized spacial score (nSPS) is 15.0. The van der Waals surface area contributed by atoms with Crippen LogP contribution in [0.15, 0.2) is 114 Å². The number of hydrogen-bond acceptors (Lipinski definition) is 4. The number of pyridine rings is 1. The lowest BCUT2D eigenvalue weighted by molar-refractivity contribution is 0.296. The fourth-order valence-electron chi connectivity index (χ4n) is 6.64. The Morgan fingerprint density at radius 3 is 2.23 bits per heavy atom. The van der Waals surface area contributed by atoms with E-state index < -0.39 is 0 Å². The van der Waals surface area contributed by atoms with E-state index >= 15 is 0 Å². The molecule has 7 aromatic rings. The zero-order valence-electron chi connectivity index (χ0n) is 24.6. The first kappa shape index (κ1) is 25.5. The highest BCUT2D eigenvalue weighted by molar-refractivity contribution is 6.06. The molecule has 8 rings (SSSR count). The van der Waals surface area contributed by atoms with E-state index in [1.807, 2.05) is 48.5 Å². The summed E-state index contributed by atoms with van der Waals surface area (Å²) in [5.41, 5.74) is 8.68. The summed E-state index contributed by atoms with van der Waals surface area (Å²) >= 11 is 0. The summed E-state index contributed by atoms with van der Waals surface area (Å²) in [6, 6.07) is 34.6. The number of imidazole rings is 1. The average Bonchev–Trinajstić information content (AvgIpc) is 3.62. The molecule has 0 atom stereocenters. The fraction of sp³-hybridized carbons (Fsp3) is 0.158.